The number of sulfonamides is 1. The maximum Gasteiger partial charge on any atom is 0.267 e. The second-order valence-electron chi connectivity index (χ2n) is 4.43. The summed E-state index contributed by atoms with van der Waals surface area (Å²) in [6.07, 6.45) is 1.63. The van der Waals surface area contributed by atoms with E-state index in [-0.39, 0.29) is 10.7 Å². The van der Waals surface area contributed by atoms with Crippen molar-refractivity contribution in [2.45, 2.75) is 18.7 Å². The molecule has 0 unspecified atom stereocenters. The zero-order valence-corrected chi connectivity index (χ0v) is 11.7. The number of aryl methyl sites for hydroxylation is 2. The molecule has 3 aromatic rings. The van der Waals surface area contributed by atoms with Gasteiger partial charge in [-0.3, -0.25) is 9.82 Å². The number of fused-ring (bicyclic) bond motifs is 1. The van der Waals surface area contributed by atoms with Crippen LogP contribution in [0.3, 0.4) is 0 Å². The van der Waals surface area contributed by atoms with Gasteiger partial charge in [-0.2, -0.15) is 5.10 Å². The van der Waals surface area contributed by atoms with Crippen molar-refractivity contribution in [2.24, 2.45) is 0 Å². The van der Waals surface area contributed by atoms with Crippen LogP contribution in [-0.4, -0.2) is 23.8 Å². The molecule has 8 heteroatoms. The van der Waals surface area contributed by atoms with Crippen LogP contribution in [0.25, 0.3) is 10.9 Å². The molecule has 0 fully saturated rings. The Morgan fingerprint density at radius 2 is 2.10 bits per heavy atom. The van der Waals surface area contributed by atoms with E-state index in [0.29, 0.717) is 11.4 Å². The van der Waals surface area contributed by atoms with E-state index in [9.17, 15) is 8.42 Å². The van der Waals surface area contributed by atoms with E-state index in [0.717, 1.165) is 10.9 Å². The van der Waals surface area contributed by atoms with Crippen molar-refractivity contribution < 1.29 is 12.9 Å². The van der Waals surface area contributed by atoms with E-state index in [1.807, 2.05) is 0 Å². The zero-order valence-electron chi connectivity index (χ0n) is 10.8. The fourth-order valence-corrected chi connectivity index (χ4v) is 3.45. The summed E-state index contributed by atoms with van der Waals surface area (Å²) in [5, 5.41) is 11.2. The Balaban J connectivity index is 2.01. The molecule has 0 amide bonds. The Labute approximate surface area is 115 Å². The minimum absolute atomic E-state index is 0.0739. The molecule has 0 aliphatic rings. The lowest BCUT2D eigenvalue weighted by atomic mass is 10.2. The van der Waals surface area contributed by atoms with Gasteiger partial charge < -0.3 is 4.52 Å². The van der Waals surface area contributed by atoms with Crippen molar-refractivity contribution in [1.82, 2.24) is 15.4 Å². The quantitative estimate of drug-likeness (QED) is 0.768. The molecule has 0 spiro atoms. The van der Waals surface area contributed by atoms with Crippen LogP contribution in [0.2, 0.25) is 0 Å². The van der Waals surface area contributed by atoms with Gasteiger partial charge in [-0.15, -0.1) is 0 Å². The van der Waals surface area contributed by atoms with Gasteiger partial charge in [-0.25, -0.2) is 8.42 Å². The summed E-state index contributed by atoms with van der Waals surface area (Å²) in [7, 11) is -3.72. The number of benzene rings is 1. The van der Waals surface area contributed by atoms with Crippen molar-refractivity contribution in [2.75, 3.05) is 4.72 Å². The van der Waals surface area contributed by atoms with E-state index in [4.69, 9.17) is 4.52 Å². The molecule has 2 N–H and O–H groups in total. The molecule has 2 aromatic heterocycles. The first-order valence-corrected chi connectivity index (χ1v) is 7.34. The van der Waals surface area contributed by atoms with Gasteiger partial charge in [0.1, 0.15) is 5.69 Å². The number of aromatic nitrogens is 3. The van der Waals surface area contributed by atoms with E-state index < -0.39 is 10.0 Å². The lowest BCUT2D eigenvalue weighted by molar-refractivity contribution is 0.390. The van der Waals surface area contributed by atoms with E-state index >= 15 is 0 Å². The van der Waals surface area contributed by atoms with Crippen LogP contribution in [0, 0.1) is 13.8 Å². The smallest absolute Gasteiger partial charge is 0.267 e. The van der Waals surface area contributed by atoms with Gasteiger partial charge in [0.2, 0.25) is 0 Å². The molecule has 0 aliphatic carbocycles. The van der Waals surface area contributed by atoms with Crippen molar-refractivity contribution >= 4 is 26.6 Å². The molecule has 0 radical (unpaired) electrons. The lowest BCUT2D eigenvalue weighted by Gasteiger charge is -2.07. The molecule has 2 heterocycles. The highest BCUT2D eigenvalue weighted by Crippen LogP contribution is 2.24. The summed E-state index contributed by atoms with van der Waals surface area (Å²) >= 11 is 0. The molecular weight excluding hydrogens is 280 g/mol. The highest BCUT2D eigenvalue weighted by atomic mass is 32.2. The van der Waals surface area contributed by atoms with Crippen molar-refractivity contribution in [1.29, 1.82) is 0 Å². The van der Waals surface area contributed by atoms with Crippen LogP contribution < -0.4 is 4.72 Å². The van der Waals surface area contributed by atoms with Crippen LogP contribution in [0.1, 0.15) is 11.5 Å². The summed E-state index contributed by atoms with van der Waals surface area (Å²) in [5.74, 6) is 0.263. The molecule has 104 valence electrons. The number of nitrogens with zero attached hydrogens (tertiary/aromatic N) is 2. The molecule has 0 atom stereocenters. The third-order valence-corrected chi connectivity index (χ3v) is 4.55. The first kappa shape index (κ1) is 12.7. The predicted molar refractivity (Wildman–Crippen MR) is 72.9 cm³/mol. The Kier molecular flexibility index (Phi) is 2.75. The van der Waals surface area contributed by atoms with Gasteiger partial charge in [0.25, 0.3) is 10.0 Å². The van der Waals surface area contributed by atoms with Gasteiger partial charge in [0, 0.05) is 11.1 Å². The average molecular weight is 292 g/mol. The molecule has 0 bridgehead atoms. The maximum absolute atomic E-state index is 12.3. The van der Waals surface area contributed by atoms with Gasteiger partial charge >= 0.3 is 0 Å². The van der Waals surface area contributed by atoms with Gasteiger partial charge in [0.15, 0.2) is 10.7 Å². The first-order valence-electron chi connectivity index (χ1n) is 5.86. The fraction of sp³-hybridized carbons (Fsp3) is 0.167. The minimum atomic E-state index is -3.72. The molecule has 0 saturated heterocycles. The second kappa shape index (κ2) is 4.34. The molecular formula is C12H12N4O3S. The van der Waals surface area contributed by atoms with E-state index in [1.165, 1.54) is 0 Å². The Morgan fingerprint density at radius 3 is 2.80 bits per heavy atom. The summed E-state index contributed by atoms with van der Waals surface area (Å²) in [6, 6.07) is 5.12. The number of hydrogen-bond donors (Lipinski definition) is 2. The molecule has 3 rings (SSSR count). The second-order valence-corrected chi connectivity index (χ2v) is 6.05. The summed E-state index contributed by atoms with van der Waals surface area (Å²) in [4.78, 5) is 0.0739. The summed E-state index contributed by atoms with van der Waals surface area (Å²) in [6.45, 7) is 3.15. The Bertz CT molecular complexity index is 860. The first-order chi connectivity index (χ1) is 9.47. The highest BCUT2D eigenvalue weighted by Gasteiger charge is 2.24. The number of anilines is 1. The number of hydrogen-bond acceptors (Lipinski definition) is 5. The number of H-pyrrole nitrogens is 1. The van der Waals surface area contributed by atoms with E-state index in [1.54, 1.807) is 38.2 Å². The standard InChI is InChI=1S/C12H12N4O3S/c1-7-12(8(2)19-15-7)20(17,18)16-10-3-4-11-9(5-10)6-13-14-11/h3-6,16H,1-2H3,(H,13,14). The normalized spacial score (nSPS) is 11.9. The maximum atomic E-state index is 12.3. The van der Waals surface area contributed by atoms with Crippen molar-refractivity contribution in [3.8, 4) is 0 Å². The zero-order chi connectivity index (χ0) is 14.3. The van der Waals surface area contributed by atoms with E-state index in [2.05, 4.69) is 20.1 Å². The molecule has 7 nitrogen and oxygen atoms in total. The van der Waals surface area contributed by atoms with Crippen LogP contribution in [0.4, 0.5) is 5.69 Å². The van der Waals surface area contributed by atoms with Crippen LogP contribution in [-0.2, 0) is 10.0 Å². The van der Waals surface area contributed by atoms with Gasteiger partial charge in [-0.1, -0.05) is 5.16 Å². The molecule has 20 heavy (non-hydrogen) atoms. The topological polar surface area (TPSA) is 101 Å². The third-order valence-electron chi connectivity index (χ3n) is 2.93. The largest absolute Gasteiger partial charge is 0.360 e. The molecule has 1 aromatic carbocycles. The molecule has 0 aliphatic heterocycles. The van der Waals surface area contributed by atoms with Gasteiger partial charge in [-0.05, 0) is 32.0 Å². The number of nitrogens with one attached hydrogen (secondary N) is 2. The molecule has 0 saturated carbocycles. The van der Waals surface area contributed by atoms with Crippen molar-refractivity contribution in [3.63, 3.8) is 0 Å². The summed E-state index contributed by atoms with van der Waals surface area (Å²) in [5.41, 5.74) is 1.63. The van der Waals surface area contributed by atoms with Crippen LogP contribution in [0.5, 0.6) is 0 Å². The third kappa shape index (κ3) is 2.03. The van der Waals surface area contributed by atoms with Gasteiger partial charge in [0.05, 0.1) is 11.7 Å². The Hall–Kier alpha value is -2.35. The summed E-state index contributed by atoms with van der Waals surface area (Å²) < 4.78 is 32.1. The lowest BCUT2D eigenvalue weighted by Crippen LogP contribution is -2.14. The highest BCUT2D eigenvalue weighted by molar-refractivity contribution is 7.92. The fourth-order valence-electron chi connectivity index (χ4n) is 2.07. The SMILES string of the molecule is Cc1noc(C)c1S(=O)(=O)Nc1ccc2[nH]ncc2c1. The monoisotopic (exact) mass is 292 g/mol. The Morgan fingerprint density at radius 1 is 1.30 bits per heavy atom. The minimum Gasteiger partial charge on any atom is -0.360 e. The number of aromatic amines is 1. The van der Waals surface area contributed by atoms with Crippen LogP contribution in [0.15, 0.2) is 33.8 Å². The van der Waals surface area contributed by atoms with Crippen molar-refractivity contribution in [3.05, 3.63) is 35.9 Å². The average Bonchev–Trinajstić information content (AvgIpc) is 2.95. The van der Waals surface area contributed by atoms with Crippen LogP contribution >= 0.6 is 0 Å². The predicted octanol–water partition coefficient (Wildman–Crippen LogP) is 1.97. The number of rotatable bonds is 3.